The SMILES string of the molecule is CCOc1cc(/C=N/NC(=O)C(=Cc2ccc3c(c2)OCO3)NC(=O)c2ccccc2)ccc1O. The topological polar surface area (TPSA) is 118 Å². The maximum atomic E-state index is 12.9. The van der Waals surface area contributed by atoms with Crippen molar-refractivity contribution in [3.05, 3.63) is 89.1 Å². The predicted molar refractivity (Wildman–Crippen MR) is 129 cm³/mol. The van der Waals surface area contributed by atoms with Gasteiger partial charge in [0.1, 0.15) is 5.70 Å². The number of phenolic OH excluding ortho intramolecular Hbond substituents is 1. The highest BCUT2D eigenvalue weighted by Gasteiger charge is 2.17. The average molecular weight is 473 g/mol. The second-order valence-electron chi connectivity index (χ2n) is 7.35. The maximum absolute atomic E-state index is 12.9. The molecule has 0 aromatic heterocycles. The van der Waals surface area contributed by atoms with Gasteiger partial charge < -0.3 is 24.6 Å². The molecule has 4 rings (SSSR count). The molecule has 0 atom stereocenters. The smallest absolute Gasteiger partial charge is 0.287 e. The van der Waals surface area contributed by atoms with E-state index in [1.165, 1.54) is 18.4 Å². The zero-order valence-electron chi connectivity index (χ0n) is 18.9. The summed E-state index contributed by atoms with van der Waals surface area (Å²) in [6.07, 6.45) is 2.92. The van der Waals surface area contributed by atoms with Crippen LogP contribution in [0.1, 0.15) is 28.4 Å². The Labute approximate surface area is 201 Å². The van der Waals surface area contributed by atoms with Crippen LogP contribution in [0.15, 0.2) is 77.5 Å². The molecule has 0 radical (unpaired) electrons. The van der Waals surface area contributed by atoms with Crippen LogP contribution in [0.25, 0.3) is 6.08 Å². The summed E-state index contributed by atoms with van der Waals surface area (Å²) >= 11 is 0. The van der Waals surface area contributed by atoms with Crippen LogP contribution in [-0.2, 0) is 4.79 Å². The number of carbonyl (C=O) groups is 2. The van der Waals surface area contributed by atoms with E-state index in [0.29, 0.717) is 40.5 Å². The average Bonchev–Trinajstić information content (AvgIpc) is 3.34. The molecule has 9 nitrogen and oxygen atoms in total. The number of amides is 2. The molecule has 1 heterocycles. The van der Waals surface area contributed by atoms with Crippen LogP contribution in [-0.4, -0.2) is 36.5 Å². The first-order valence-corrected chi connectivity index (χ1v) is 10.8. The Balaban J connectivity index is 1.54. The third kappa shape index (κ3) is 5.97. The monoisotopic (exact) mass is 473 g/mol. The summed E-state index contributed by atoms with van der Waals surface area (Å²) in [7, 11) is 0. The van der Waals surface area contributed by atoms with Gasteiger partial charge in [-0.05, 0) is 66.6 Å². The molecule has 0 spiro atoms. The second-order valence-corrected chi connectivity index (χ2v) is 7.35. The van der Waals surface area contributed by atoms with Crippen molar-refractivity contribution in [3.63, 3.8) is 0 Å². The maximum Gasteiger partial charge on any atom is 0.287 e. The Bertz CT molecular complexity index is 1290. The Morgan fingerprint density at radius 2 is 1.80 bits per heavy atom. The highest BCUT2D eigenvalue weighted by molar-refractivity contribution is 6.05. The van der Waals surface area contributed by atoms with Crippen LogP contribution in [0, 0.1) is 0 Å². The molecular formula is C26H23N3O6. The van der Waals surface area contributed by atoms with E-state index in [4.69, 9.17) is 14.2 Å². The highest BCUT2D eigenvalue weighted by atomic mass is 16.7. The molecule has 0 bridgehead atoms. The summed E-state index contributed by atoms with van der Waals surface area (Å²) in [5, 5.41) is 16.4. The number of rotatable bonds is 8. The summed E-state index contributed by atoms with van der Waals surface area (Å²) in [6, 6.07) is 18.4. The van der Waals surface area contributed by atoms with E-state index in [1.807, 2.05) is 0 Å². The van der Waals surface area contributed by atoms with Gasteiger partial charge in [0.2, 0.25) is 6.79 Å². The minimum Gasteiger partial charge on any atom is -0.504 e. The lowest BCUT2D eigenvalue weighted by molar-refractivity contribution is -0.117. The van der Waals surface area contributed by atoms with Gasteiger partial charge in [-0.15, -0.1) is 0 Å². The van der Waals surface area contributed by atoms with Crippen molar-refractivity contribution < 1.29 is 28.9 Å². The summed E-state index contributed by atoms with van der Waals surface area (Å²) in [6.45, 7) is 2.32. The number of hydrogen-bond donors (Lipinski definition) is 3. The number of carbonyl (C=O) groups excluding carboxylic acids is 2. The Kier molecular flexibility index (Phi) is 7.27. The van der Waals surface area contributed by atoms with Crippen molar-refractivity contribution in [1.29, 1.82) is 0 Å². The first-order chi connectivity index (χ1) is 17.0. The first-order valence-electron chi connectivity index (χ1n) is 10.8. The first kappa shape index (κ1) is 23.4. The van der Waals surface area contributed by atoms with Gasteiger partial charge in [-0.25, -0.2) is 5.43 Å². The van der Waals surface area contributed by atoms with Crippen LogP contribution >= 0.6 is 0 Å². The zero-order valence-corrected chi connectivity index (χ0v) is 18.9. The molecule has 1 aliphatic rings. The number of fused-ring (bicyclic) bond motifs is 1. The van der Waals surface area contributed by atoms with E-state index in [1.54, 1.807) is 67.6 Å². The molecule has 2 amide bonds. The molecule has 1 aliphatic heterocycles. The molecule has 9 heteroatoms. The molecule has 0 saturated heterocycles. The minimum absolute atomic E-state index is 0.00519. The lowest BCUT2D eigenvalue weighted by Crippen LogP contribution is -2.32. The molecule has 178 valence electrons. The quantitative estimate of drug-likeness (QED) is 0.262. The largest absolute Gasteiger partial charge is 0.504 e. The molecule has 35 heavy (non-hydrogen) atoms. The Morgan fingerprint density at radius 1 is 1.03 bits per heavy atom. The van der Waals surface area contributed by atoms with Gasteiger partial charge in [0.15, 0.2) is 23.0 Å². The number of ether oxygens (including phenoxy) is 3. The molecule has 3 N–H and O–H groups in total. The number of nitrogens with zero attached hydrogens (tertiary/aromatic N) is 1. The second kappa shape index (κ2) is 10.9. The van der Waals surface area contributed by atoms with E-state index in [0.717, 1.165) is 0 Å². The summed E-state index contributed by atoms with van der Waals surface area (Å²) in [4.78, 5) is 25.6. The minimum atomic E-state index is -0.632. The Hall–Kier alpha value is -4.79. The molecule has 3 aromatic carbocycles. The standard InChI is InChI=1S/C26H23N3O6/c1-2-33-23-14-18(8-10-21(23)30)15-27-29-26(32)20(28-25(31)19-6-4-3-5-7-19)12-17-9-11-22-24(13-17)35-16-34-22/h3-15,30H,2,16H2,1H3,(H,28,31)(H,29,32)/b20-12?,27-15+. The van der Waals surface area contributed by atoms with E-state index >= 15 is 0 Å². The van der Waals surface area contributed by atoms with Crippen LogP contribution in [0.2, 0.25) is 0 Å². The molecule has 0 aliphatic carbocycles. The number of hydrogen-bond acceptors (Lipinski definition) is 7. The summed E-state index contributed by atoms with van der Waals surface area (Å²) < 4.78 is 16.1. The van der Waals surface area contributed by atoms with Crippen LogP contribution in [0.3, 0.4) is 0 Å². The van der Waals surface area contributed by atoms with Crippen LogP contribution in [0.5, 0.6) is 23.0 Å². The highest BCUT2D eigenvalue weighted by Crippen LogP contribution is 2.33. The number of phenols is 1. The van der Waals surface area contributed by atoms with E-state index in [9.17, 15) is 14.7 Å². The van der Waals surface area contributed by atoms with Gasteiger partial charge in [0.25, 0.3) is 11.8 Å². The number of benzene rings is 3. The fraction of sp³-hybridized carbons (Fsp3) is 0.115. The third-order valence-electron chi connectivity index (χ3n) is 4.90. The van der Waals surface area contributed by atoms with Gasteiger partial charge in [0, 0.05) is 5.56 Å². The van der Waals surface area contributed by atoms with Crippen LogP contribution < -0.4 is 25.0 Å². The summed E-state index contributed by atoms with van der Waals surface area (Å²) in [5.74, 6) is 0.380. The number of aromatic hydroxyl groups is 1. The van der Waals surface area contributed by atoms with E-state index in [-0.39, 0.29) is 18.2 Å². The fourth-order valence-corrected chi connectivity index (χ4v) is 3.22. The van der Waals surface area contributed by atoms with Crippen molar-refractivity contribution in [2.45, 2.75) is 6.92 Å². The van der Waals surface area contributed by atoms with Gasteiger partial charge in [-0.1, -0.05) is 24.3 Å². The van der Waals surface area contributed by atoms with Gasteiger partial charge in [0.05, 0.1) is 12.8 Å². The Morgan fingerprint density at radius 3 is 2.60 bits per heavy atom. The van der Waals surface area contributed by atoms with Gasteiger partial charge in [-0.2, -0.15) is 5.10 Å². The zero-order chi connectivity index (χ0) is 24.6. The molecule has 3 aromatic rings. The predicted octanol–water partition coefficient (Wildman–Crippen LogP) is 3.44. The van der Waals surface area contributed by atoms with E-state index in [2.05, 4.69) is 15.8 Å². The van der Waals surface area contributed by atoms with E-state index < -0.39 is 11.8 Å². The molecule has 0 fully saturated rings. The number of nitrogens with one attached hydrogen (secondary N) is 2. The van der Waals surface area contributed by atoms with Crippen LogP contribution in [0.4, 0.5) is 0 Å². The van der Waals surface area contributed by atoms with Gasteiger partial charge in [-0.3, -0.25) is 9.59 Å². The van der Waals surface area contributed by atoms with Crippen molar-refractivity contribution in [2.75, 3.05) is 13.4 Å². The lowest BCUT2D eigenvalue weighted by Gasteiger charge is -2.10. The van der Waals surface area contributed by atoms with Crippen molar-refractivity contribution >= 4 is 24.1 Å². The van der Waals surface area contributed by atoms with Crippen molar-refractivity contribution in [2.24, 2.45) is 5.10 Å². The fourth-order valence-electron chi connectivity index (χ4n) is 3.22. The molecule has 0 unspecified atom stereocenters. The normalized spacial score (nSPS) is 12.4. The third-order valence-corrected chi connectivity index (χ3v) is 4.90. The van der Waals surface area contributed by atoms with Gasteiger partial charge >= 0.3 is 0 Å². The van der Waals surface area contributed by atoms with Crippen molar-refractivity contribution in [1.82, 2.24) is 10.7 Å². The van der Waals surface area contributed by atoms with Crippen molar-refractivity contribution in [3.8, 4) is 23.0 Å². The molecular weight excluding hydrogens is 450 g/mol. The molecule has 0 saturated carbocycles. The summed E-state index contributed by atoms with van der Waals surface area (Å²) in [5.41, 5.74) is 4.01. The lowest BCUT2D eigenvalue weighted by atomic mass is 10.1. The number of hydrazone groups is 1.